The Kier molecular flexibility index (Phi) is 8.53. The molecule has 3 nitrogen and oxygen atoms in total. The van der Waals surface area contributed by atoms with Crippen LogP contribution in [-0.2, 0) is 11.2 Å². The van der Waals surface area contributed by atoms with Crippen molar-refractivity contribution in [1.82, 2.24) is 0 Å². The van der Waals surface area contributed by atoms with Gasteiger partial charge in [0.1, 0.15) is 12.4 Å². The monoisotopic (exact) mass is 485 g/mol. The highest BCUT2D eigenvalue weighted by atomic mass is 79.9. The molecule has 0 saturated carbocycles. The molecule has 1 amide bonds. The molecule has 0 saturated heterocycles. The molecule has 0 aliphatic rings. The van der Waals surface area contributed by atoms with E-state index in [1.807, 2.05) is 6.92 Å². The largest absolute Gasteiger partial charge is 0.488 e. The molecule has 2 aromatic carbocycles. The third kappa shape index (κ3) is 6.70. The summed E-state index contributed by atoms with van der Waals surface area (Å²) in [6.45, 7) is 18.9. The van der Waals surface area contributed by atoms with Crippen LogP contribution in [0.3, 0.4) is 0 Å². The van der Waals surface area contributed by atoms with Gasteiger partial charge in [-0.3, -0.25) is 4.79 Å². The molecule has 0 aliphatic carbocycles. The number of hydrogen-bond acceptors (Lipinski definition) is 2. The Hall–Kier alpha value is -2.07. The molecule has 0 aliphatic heterocycles. The molecule has 0 radical (unpaired) electrons. The molecule has 0 aromatic heterocycles. The SMILES string of the molecule is C=CCOc1c(Br)c(C)c(NC(=O)CC(C)(C)C)c(C)c1Cc1ccc(C(C)C)cc1. The minimum absolute atomic E-state index is 0.0256. The number of rotatable bonds is 8. The van der Waals surface area contributed by atoms with Gasteiger partial charge in [-0.25, -0.2) is 0 Å². The number of nitrogens with one attached hydrogen (secondary N) is 1. The van der Waals surface area contributed by atoms with Gasteiger partial charge in [0.2, 0.25) is 5.91 Å². The van der Waals surface area contributed by atoms with Crippen LogP contribution >= 0.6 is 15.9 Å². The second kappa shape index (κ2) is 10.5. The molecule has 4 heteroatoms. The van der Waals surface area contributed by atoms with Crippen LogP contribution in [0.1, 0.15) is 74.8 Å². The summed E-state index contributed by atoms with van der Waals surface area (Å²) in [4.78, 5) is 12.7. The lowest BCUT2D eigenvalue weighted by Gasteiger charge is -2.23. The van der Waals surface area contributed by atoms with Crippen LogP contribution in [0.5, 0.6) is 5.75 Å². The molecule has 0 fully saturated rings. The van der Waals surface area contributed by atoms with E-state index in [4.69, 9.17) is 4.74 Å². The van der Waals surface area contributed by atoms with Gasteiger partial charge in [-0.15, -0.1) is 0 Å². The van der Waals surface area contributed by atoms with Gasteiger partial charge in [0.15, 0.2) is 0 Å². The predicted molar refractivity (Wildman–Crippen MR) is 135 cm³/mol. The first-order chi connectivity index (χ1) is 14.4. The summed E-state index contributed by atoms with van der Waals surface area (Å²) in [6, 6.07) is 8.74. The number of amides is 1. The van der Waals surface area contributed by atoms with Crippen molar-refractivity contribution in [2.45, 2.75) is 67.2 Å². The van der Waals surface area contributed by atoms with Gasteiger partial charge in [-0.2, -0.15) is 0 Å². The molecule has 1 N–H and O–H groups in total. The van der Waals surface area contributed by atoms with Crippen molar-refractivity contribution < 1.29 is 9.53 Å². The van der Waals surface area contributed by atoms with E-state index in [0.717, 1.165) is 39.0 Å². The summed E-state index contributed by atoms with van der Waals surface area (Å²) in [5.41, 5.74) is 6.40. The Morgan fingerprint density at radius 3 is 2.29 bits per heavy atom. The Morgan fingerprint density at radius 2 is 1.77 bits per heavy atom. The standard InChI is InChI=1S/C27H36BrNO2/c1-9-14-31-26-22(15-20-10-12-21(13-11-20)17(2)3)18(4)25(19(5)24(26)28)29-23(30)16-27(6,7)8/h9-13,17H,1,14-16H2,2-8H3,(H,29,30). The van der Waals surface area contributed by atoms with Crippen LogP contribution in [0.2, 0.25) is 0 Å². The van der Waals surface area contributed by atoms with Crippen molar-refractivity contribution in [2.75, 3.05) is 11.9 Å². The van der Waals surface area contributed by atoms with Gasteiger partial charge in [-0.05, 0) is 63.4 Å². The van der Waals surface area contributed by atoms with Crippen LogP contribution in [0.25, 0.3) is 0 Å². The maximum absolute atomic E-state index is 12.7. The summed E-state index contributed by atoms with van der Waals surface area (Å²) in [5.74, 6) is 1.34. The van der Waals surface area contributed by atoms with Gasteiger partial charge in [-0.1, -0.05) is 71.5 Å². The molecule has 0 spiro atoms. The normalized spacial score (nSPS) is 11.5. The zero-order chi connectivity index (χ0) is 23.3. The lowest BCUT2D eigenvalue weighted by Crippen LogP contribution is -2.21. The average Bonchev–Trinajstić information content (AvgIpc) is 2.68. The second-order valence-electron chi connectivity index (χ2n) is 9.71. The minimum atomic E-state index is -0.0723. The third-order valence-electron chi connectivity index (χ3n) is 5.33. The van der Waals surface area contributed by atoms with Crippen molar-refractivity contribution >= 4 is 27.5 Å². The fourth-order valence-corrected chi connectivity index (χ4v) is 4.15. The summed E-state index contributed by atoms with van der Waals surface area (Å²) in [7, 11) is 0. The van der Waals surface area contributed by atoms with Gasteiger partial charge in [0.25, 0.3) is 0 Å². The number of carbonyl (C=O) groups excluding carboxylic acids is 1. The molecule has 0 atom stereocenters. The summed E-state index contributed by atoms with van der Waals surface area (Å²) < 4.78 is 6.95. The molecule has 2 rings (SSSR count). The number of ether oxygens (including phenoxy) is 1. The highest BCUT2D eigenvalue weighted by Crippen LogP contribution is 2.42. The van der Waals surface area contributed by atoms with Crippen LogP contribution < -0.4 is 10.1 Å². The fraction of sp³-hybridized carbons (Fsp3) is 0.444. The van der Waals surface area contributed by atoms with Crippen LogP contribution in [0.4, 0.5) is 5.69 Å². The minimum Gasteiger partial charge on any atom is -0.488 e. The lowest BCUT2D eigenvalue weighted by molar-refractivity contribution is -0.117. The number of halogens is 1. The van der Waals surface area contributed by atoms with Crippen molar-refractivity contribution in [3.05, 3.63) is 69.2 Å². The maximum atomic E-state index is 12.7. The van der Waals surface area contributed by atoms with E-state index in [1.165, 1.54) is 11.1 Å². The quantitative estimate of drug-likeness (QED) is 0.388. The van der Waals surface area contributed by atoms with Gasteiger partial charge >= 0.3 is 0 Å². The number of carbonyl (C=O) groups is 1. The molecule has 2 aromatic rings. The molecular formula is C27H36BrNO2. The van der Waals surface area contributed by atoms with Gasteiger partial charge < -0.3 is 10.1 Å². The Balaban J connectivity index is 2.51. The molecule has 168 valence electrons. The first-order valence-corrected chi connectivity index (χ1v) is 11.7. The summed E-state index contributed by atoms with van der Waals surface area (Å²) in [6.07, 6.45) is 2.93. The van der Waals surface area contributed by atoms with Gasteiger partial charge in [0, 0.05) is 24.1 Å². The van der Waals surface area contributed by atoms with E-state index in [2.05, 4.69) is 93.6 Å². The first kappa shape index (κ1) is 25.2. The smallest absolute Gasteiger partial charge is 0.224 e. The number of benzene rings is 2. The van der Waals surface area contributed by atoms with E-state index < -0.39 is 0 Å². The van der Waals surface area contributed by atoms with Crippen molar-refractivity contribution in [3.63, 3.8) is 0 Å². The zero-order valence-electron chi connectivity index (χ0n) is 20.0. The zero-order valence-corrected chi connectivity index (χ0v) is 21.6. The fourth-order valence-electron chi connectivity index (χ4n) is 3.60. The van der Waals surface area contributed by atoms with Gasteiger partial charge in [0.05, 0.1) is 4.47 Å². The molecular weight excluding hydrogens is 450 g/mol. The highest BCUT2D eigenvalue weighted by molar-refractivity contribution is 9.10. The molecule has 31 heavy (non-hydrogen) atoms. The maximum Gasteiger partial charge on any atom is 0.224 e. The topological polar surface area (TPSA) is 38.3 Å². The molecule has 0 heterocycles. The molecule has 0 bridgehead atoms. The Labute approximate surface area is 196 Å². The van der Waals surface area contributed by atoms with E-state index in [-0.39, 0.29) is 11.3 Å². The third-order valence-corrected chi connectivity index (χ3v) is 6.29. The Bertz CT molecular complexity index is 937. The van der Waals surface area contributed by atoms with E-state index in [9.17, 15) is 4.79 Å². The summed E-state index contributed by atoms with van der Waals surface area (Å²) in [5, 5.41) is 3.16. The first-order valence-electron chi connectivity index (χ1n) is 10.9. The number of anilines is 1. The highest BCUT2D eigenvalue weighted by Gasteiger charge is 2.23. The average molecular weight is 486 g/mol. The second-order valence-corrected chi connectivity index (χ2v) is 10.5. The van der Waals surface area contributed by atoms with E-state index in [1.54, 1.807) is 6.08 Å². The van der Waals surface area contributed by atoms with Crippen LogP contribution in [-0.4, -0.2) is 12.5 Å². The predicted octanol–water partition coefficient (Wildman–Crippen LogP) is 7.72. The van der Waals surface area contributed by atoms with Crippen molar-refractivity contribution in [1.29, 1.82) is 0 Å². The van der Waals surface area contributed by atoms with E-state index >= 15 is 0 Å². The summed E-state index contributed by atoms with van der Waals surface area (Å²) >= 11 is 3.73. The lowest BCUT2D eigenvalue weighted by atomic mass is 9.91. The Morgan fingerprint density at radius 1 is 1.16 bits per heavy atom. The van der Waals surface area contributed by atoms with Crippen molar-refractivity contribution in [2.24, 2.45) is 5.41 Å². The van der Waals surface area contributed by atoms with Crippen molar-refractivity contribution in [3.8, 4) is 5.75 Å². The molecule has 0 unspecified atom stereocenters. The van der Waals surface area contributed by atoms with Crippen LogP contribution in [0, 0.1) is 19.3 Å². The number of hydrogen-bond donors (Lipinski definition) is 1. The van der Waals surface area contributed by atoms with Crippen LogP contribution in [0.15, 0.2) is 41.4 Å². The van der Waals surface area contributed by atoms with E-state index in [0.29, 0.717) is 18.9 Å².